The van der Waals surface area contributed by atoms with E-state index >= 15 is 0 Å². The van der Waals surface area contributed by atoms with E-state index in [9.17, 15) is 0 Å². The van der Waals surface area contributed by atoms with Gasteiger partial charge in [-0.25, -0.2) is 15.0 Å². The second kappa shape index (κ2) is 16.5. The van der Waals surface area contributed by atoms with Gasteiger partial charge in [0.1, 0.15) is 0 Å². The molecule has 0 spiro atoms. The topological polar surface area (TPSA) is 38.7 Å². The minimum absolute atomic E-state index is 0.622. The van der Waals surface area contributed by atoms with E-state index in [-0.39, 0.29) is 0 Å². The van der Waals surface area contributed by atoms with E-state index in [0.29, 0.717) is 17.5 Å². The standard InChI is InChI=1S/C61H43N3/c1-3-4-7-26-49-40(2)48-25-12-17-31-55(48)58(46-36-37-54-52-29-14-13-27-50(52)51-28-15-16-30-53(51)56(54)39-46)57(49)42-32-34-44(35-33-42)60-62-59(43-21-10-6-11-22-43)63-61(64-60)47-24-18-23-45(38-47)41-19-8-5-9-20-41/h3-39H,1-2H3/b4-3-,26-7-. The van der Waals surface area contributed by atoms with Gasteiger partial charge in [0.05, 0.1) is 0 Å². The van der Waals surface area contributed by atoms with Crippen LogP contribution in [0.1, 0.15) is 18.1 Å². The van der Waals surface area contributed by atoms with Gasteiger partial charge in [-0.2, -0.15) is 0 Å². The number of aromatic nitrogens is 3. The summed E-state index contributed by atoms with van der Waals surface area (Å²) in [6, 6.07) is 71.4. The molecule has 0 unspecified atom stereocenters. The molecule has 0 atom stereocenters. The largest absolute Gasteiger partial charge is 0.208 e. The van der Waals surface area contributed by atoms with E-state index in [4.69, 9.17) is 15.0 Å². The zero-order valence-electron chi connectivity index (χ0n) is 35.7. The van der Waals surface area contributed by atoms with Gasteiger partial charge in [-0.05, 0) is 114 Å². The molecule has 11 aromatic rings. The first-order valence-electron chi connectivity index (χ1n) is 21.9. The smallest absolute Gasteiger partial charge is 0.164 e. The molecule has 11 rings (SSSR count). The number of allylic oxidation sites excluding steroid dienone is 3. The molecule has 0 saturated carbocycles. The predicted molar refractivity (Wildman–Crippen MR) is 271 cm³/mol. The first-order valence-corrected chi connectivity index (χ1v) is 21.9. The highest BCUT2D eigenvalue weighted by atomic mass is 15.0. The van der Waals surface area contributed by atoms with Crippen LogP contribution in [0.5, 0.6) is 0 Å². The van der Waals surface area contributed by atoms with Crippen LogP contribution in [0.3, 0.4) is 0 Å². The normalized spacial score (nSPS) is 11.8. The third kappa shape index (κ3) is 6.94. The van der Waals surface area contributed by atoms with Crippen molar-refractivity contribution >= 4 is 49.2 Å². The van der Waals surface area contributed by atoms with E-state index in [0.717, 1.165) is 33.4 Å². The van der Waals surface area contributed by atoms with E-state index < -0.39 is 0 Å². The molecule has 64 heavy (non-hydrogen) atoms. The predicted octanol–water partition coefficient (Wildman–Crippen LogP) is 16.4. The summed E-state index contributed by atoms with van der Waals surface area (Å²) in [4.78, 5) is 15.3. The van der Waals surface area contributed by atoms with Gasteiger partial charge < -0.3 is 0 Å². The van der Waals surface area contributed by atoms with Crippen molar-refractivity contribution in [3.63, 3.8) is 0 Å². The second-order valence-corrected chi connectivity index (χ2v) is 16.3. The van der Waals surface area contributed by atoms with Crippen LogP contribution in [0.25, 0.3) is 117 Å². The Kier molecular flexibility index (Phi) is 9.99. The molecule has 0 aliphatic heterocycles. The number of benzene rings is 10. The summed E-state index contributed by atoms with van der Waals surface area (Å²) in [6.07, 6.45) is 8.60. The Morgan fingerprint density at radius 1 is 0.312 bits per heavy atom. The Morgan fingerprint density at radius 3 is 1.39 bits per heavy atom. The quantitative estimate of drug-likeness (QED) is 0.113. The fourth-order valence-electron chi connectivity index (χ4n) is 9.37. The number of hydrogen-bond acceptors (Lipinski definition) is 3. The first kappa shape index (κ1) is 38.6. The van der Waals surface area contributed by atoms with Crippen LogP contribution in [0, 0.1) is 6.92 Å². The van der Waals surface area contributed by atoms with Crippen molar-refractivity contribution in [3.8, 4) is 67.5 Å². The molecule has 0 amide bonds. The van der Waals surface area contributed by atoms with Crippen molar-refractivity contribution in [1.82, 2.24) is 15.0 Å². The van der Waals surface area contributed by atoms with Crippen LogP contribution >= 0.6 is 0 Å². The van der Waals surface area contributed by atoms with Gasteiger partial charge in [-0.3, -0.25) is 0 Å². The Hall–Kier alpha value is -8.27. The van der Waals surface area contributed by atoms with Crippen molar-refractivity contribution in [2.24, 2.45) is 0 Å². The number of nitrogens with zero attached hydrogens (tertiary/aromatic N) is 3. The van der Waals surface area contributed by atoms with Crippen LogP contribution in [-0.4, -0.2) is 15.0 Å². The van der Waals surface area contributed by atoms with Crippen LogP contribution < -0.4 is 0 Å². The monoisotopic (exact) mass is 817 g/mol. The summed E-state index contributed by atoms with van der Waals surface area (Å²) >= 11 is 0. The Balaban J connectivity index is 1.11. The molecular formula is C61H43N3. The average molecular weight is 818 g/mol. The Labute approximate surface area is 373 Å². The van der Waals surface area contributed by atoms with Gasteiger partial charge in [0.25, 0.3) is 0 Å². The zero-order chi connectivity index (χ0) is 43.0. The Bertz CT molecular complexity index is 3570. The van der Waals surface area contributed by atoms with Crippen molar-refractivity contribution in [2.75, 3.05) is 0 Å². The molecule has 0 fully saturated rings. The lowest BCUT2D eigenvalue weighted by molar-refractivity contribution is 1.07. The van der Waals surface area contributed by atoms with Crippen LogP contribution in [0.15, 0.2) is 218 Å². The van der Waals surface area contributed by atoms with E-state index in [1.54, 1.807) is 0 Å². The first-order chi connectivity index (χ1) is 31.6. The molecule has 10 aromatic carbocycles. The van der Waals surface area contributed by atoms with Crippen molar-refractivity contribution in [2.45, 2.75) is 13.8 Å². The fourth-order valence-corrected chi connectivity index (χ4v) is 9.37. The highest BCUT2D eigenvalue weighted by Gasteiger charge is 2.21. The van der Waals surface area contributed by atoms with Gasteiger partial charge in [-0.1, -0.05) is 212 Å². The molecule has 0 aliphatic rings. The lowest BCUT2D eigenvalue weighted by Gasteiger charge is -2.21. The van der Waals surface area contributed by atoms with Gasteiger partial charge in [0.15, 0.2) is 17.5 Å². The maximum atomic E-state index is 5.16. The van der Waals surface area contributed by atoms with Crippen molar-refractivity contribution in [3.05, 3.63) is 230 Å². The number of rotatable bonds is 8. The summed E-state index contributed by atoms with van der Waals surface area (Å²) in [6.45, 7) is 4.31. The Morgan fingerprint density at radius 2 is 0.766 bits per heavy atom. The maximum absolute atomic E-state index is 5.16. The minimum Gasteiger partial charge on any atom is -0.208 e. The molecule has 3 heteroatoms. The summed E-state index contributed by atoms with van der Waals surface area (Å²) in [5.41, 5.74) is 12.2. The molecule has 0 saturated heterocycles. The van der Waals surface area contributed by atoms with Gasteiger partial charge in [0.2, 0.25) is 0 Å². The van der Waals surface area contributed by atoms with Crippen molar-refractivity contribution < 1.29 is 0 Å². The number of aryl methyl sites for hydroxylation is 1. The highest BCUT2D eigenvalue weighted by molar-refractivity contribution is 6.26. The summed E-state index contributed by atoms with van der Waals surface area (Å²) in [5.74, 6) is 1.89. The summed E-state index contributed by atoms with van der Waals surface area (Å²) in [7, 11) is 0. The van der Waals surface area contributed by atoms with Crippen LogP contribution in [0.4, 0.5) is 0 Å². The average Bonchev–Trinajstić information content (AvgIpc) is 3.37. The zero-order valence-corrected chi connectivity index (χ0v) is 35.7. The van der Waals surface area contributed by atoms with Gasteiger partial charge in [-0.15, -0.1) is 0 Å². The van der Waals surface area contributed by atoms with Gasteiger partial charge >= 0.3 is 0 Å². The molecule has 0 bridgehead atoms. The lowest BCUT2D eigenvalue weighted by atomic mass is 9.82. The minimum atomic E-state index is 0.622. The lowest BCUT2D eigenvalue weighted by Crippen LogP contribution is -2.00. The highest BCUT2D eigenvalue weighted by Crippen LogP contribution is 2.46. The third-order valence-electron chi connectivity index (χ3n) is 12.5. The molecular weight excluding hydrogens is 775 g/mol. The maximum Gasteiger partial charge on any atom is 0.164 e. The third-order valence-corrected chi connectivity index (χ3v) is 12.5. The molecule has 302 valence electrons. The van der Waals surface area contributed by atoms with Crippen LogP contribution in [-0.2, 0) is 0 Å². The molecule has 0 N–H and O–H groups in total. The molecule has 0 radical (unpaired) electrons. The van der Waals surface area contributed by atoms with E-state index in [1.165, 1.54) is 70.9 Å². The number of fused-ring (bicyclic) bond motifs is 7. The molecule has 3 nitrogen and oxygen atoms in total. The molecule has 1 aromatic heterocycles. The summed E-state index contributed by atoms with van der Waals surface area (Å²) in [5, 5.41) is 10.0. The van der Waals surface area contributed by atoms with Crippen LogP contribution in [0.2, 0.25) is 0 Å². The second-order valence-electron chi connectivity index (χ2n) is 16.3. The summed E-state index contributed by atoms with van der Waals surface area (Å²) < 4.78 is 0. The van der Waals surface area contributed by atoms with E-state index in [2.05, 4.69) is 214 Å². The molecule has 0 aliphatic carbocycles. The van der Waals surface area contributed by atoms with Gasteiger partial charge in [0, 0.05) is 16.7 Å². The molecule has 1 heterocycles. The fraction of sp³-hybridized carbons (Fsp3) is 0.0328. The SMILES string of the molecule is C/C=C\C=C/c1c(-c2ccc(-c3nc(-c4ccccc4)nc(-c4cccc(-c5ccccc5)c4)n3)cc2)c(-c2ccc3c4ccccc4c4ccccc4c3c2)c2ccccc2c1C. The number of hydrogen-bond donors (Lipinski definition) is 0. The van der Waals surface area contributed by atoms with Crippen molar-refractivity contribution in [1.29, 1.82) is 0 Å². The van der Waals surface area contributed by atoms with E-state index in [1.807, 2.05) is 24.3 Å².